The van der Waals surface area contributed by atoms with Crippen LogP contribution in [0.3, 0.4) is 0 Å². The summed E-state index contributed by atoms with van der Waals surface area (Å²) < 4.78 is 18.3. The molecular weight excluding hydrogens is 285 g/mol. The largest absolute Gasteiger partial charge is 0.339 e. The van der Waals surface area contributed by atoms with Crippen LogP contribution in [0, 0.1) is 12.7 Å². The summed E-state index contributed by atoms with van der Waals surface area (Å²) in [6, 6.07) is 4.21. The number of amides is 1. The van der Waals surface area contributed by atoms with Crippen LogP contribution < -0.4 is 4.90 Å². The van der Waals surface area contributed by atoms with E-state index >= 15 is 0 Å². The van der Waals surface area contributed by atoms with E-state index in [-0.39, 0.29) is 23.3 Å². The molecule has 20 heavy (non-hydrogen) atoms. The van der Waals surface area contributed by atoms with Crippen molar-refractivity contribution < 1.29 is 13.7 Å². The molecule has 7 heteroatoms. The Morgan fingerprint density at radius 1 is 1.50 bits per heavy atom. The molecule has 1 atom stereocenters. The quantitative estimate of drug-likeness (QED) is 0.854. The number of rotatable bonds is 2. The van der Waals surface area contributed by atoms with Crippen molar-refractivity contribution in [1.82, 2.24) is 10.1 Å². The van der Waals surface area contributed by atoms with Crippen molar-refractivity contribution in [3.8, 4) is 0 Å². The van der Waals surface area contributed by atoms with Gasteiger partial charge in [0.25, 0.3) is 0 Å². The van der Waals surface area contributed by atoms with Crippen molar-refractivity contribution in [2.24, 2.45) is 0 Å². The summed E-state index contributed by atoms with van der Waals surface area (Å²) in [5, 5.41) is 3.72. The molecule has 104 valence electrons. The predicted molar refractivity (Wildman–Crippen MR) is 70.2 cm³/mol. The summed E-state index contributed by atoms with van der Waals surface area (Å²) in [5.74, 6) is 0.259. The van der Waals surface area contributed by atoms with Crippen molar-refractivity contribution in [3.05, 3.63) is 40.8 Å². The van der Waals surface area contributed by atoms with Gasteiger partial charge in [0, 0.05) is 18.7 Å². The van der Waals surface area contributed by atoms with Crippen molar-refractivity contribution >= 4 is 23.2 Å². The Bertz CT molecular complexity index is 673. The van der Waals surface area contributed by atoms with E-state index in [1.54, 1.807) is 11.8 Å². The molecule has 0 aliphatic carbocycles. The van der Waals surface area contributed by atoms with Crippen molar-refractivity contribution in [2.75, 3.05) is 11.4 Å². The molecule has 5 nitrogen and oxygen atoms in total. The molecule has 0 spiro atoms. The van der Waals surface area contributed by atoms with E-state index < -0.39 is 5.82 Å². The summed E-state index contributed by atoms with van der Waals surface area (Å²) in [6.07, 6.45) is 0.288. The van der Waals surface area contributed by atoms with Crippen LogP contribution >= 0.6 is 11.6 Å². The monoisotopic (exact) mass is 295 g/mol. The molecule has 0 bridgehead atoms. The fourth-order valence-corrected chi connectivity index (χ4v) is 2.43. The number of aromatic nitrogens is 2. The van der Waals surface area contributed by atoms with Crippen molar-refractivity contribution in [1.29, 1.82) is 0 Å². The van der Waals surface area contributed by atoms with E-state index in [0.29, 0.717) is 23.9 Å². The first-order valence-corrected chi connectivity index (χ1v) is 6.48. The van der Waals surface area contributed by atoms with E-state index in [1.807, 2.05) is 0 Å². The van der Waals surface area contributed by atoms with Gasteiger partial charge in [-0.1, -0.05) is 16.8 Å². The Morgan fingerprint density at radius 3 is 2.95 bits per heavy atom. The highest BCUT2D eigenvalue weighted by atomic mass is 35.5. The molecular formula is C13H11ClFN3O2. The first-order chi connectivity index (χ1) is 9.54. The number of hydrogen-bond donors (Lipinski definition) is 0. The lowest BCUT2D eigenvalue weighted by atomic mass is 10.1. The zero-order valence-electron chi connectivity index (χ0n) is 10.6. The first-order valence-electron chi connectivity index (χ1n) is 6.10. The fourth-order valence-electron chi connectivity index (χ4n) is 2.25. The molecule has 2 aromatic rings. The molecule has 2 heterocycles. The van der Waals surface area contributed by atoms with Gasteiger partial charge in [0.05, 0.1) is 10.9 Å². The lowest BCUT2D eigenvalue weighted by Gasteiger charge is -2.16. The van der Waals surface area contributed by atoms with E-state index in [9.17, 15) is 9.18 Å². The lowest BCUT2D eigenvalue weighted by molar-refractivity contribution is -0.117. The van der Waals surface area contributed by atoms with E-state index in [0.717, 1.165) is 0 Å². The van der Waals surface area contributed by atoms with Gasteiger partial charge in [0.15, 0.2) is 5.82 Å². The SMILES string of the molecule is Cc1noc([C@@H]2CC(=O)N(c3ccc(F)c(Cl)c3)C2)n1. The first kappa shape index (κ1) is 13.1. The van der Waals surface area contributed by atoms with Crippen LogP contribution in [0.15, 0.2) is 22.7 Å². The minimum Gasteiger partial charge on any atom is -0.339 e. The van der Waals surface area contributed by atoms with Gasteiger partial charge < -0.3 is 9.42 Å². The summed E-state index contributed by atoms with van der Waals surface area (Å²) in [6.45, 7) is 2.14. The minimum atomic E-state index is -0.508. The number of halogens is 2. The lowest BCUT2D eigenvalue weighted by Crippen LogP contribution is -2.24. The molecule has 1 aromatic carbocycles. The average molecular weight is 296 g/mol. The van der Waals surface area contributed by atoms with Crippen molar-refractivity contribution in [2.45, 2.75) is 19.3 Å². The third kappa shape index (κ3) is 2.27. The molecule has 1 aliphatic rings. The molecule has 1 fully saturated rings. The van der Waals surface area contributed by atoms with Crippen LogP contribution in [0.4, 0.5) is 10.1 Å². The number of aryl methyl sites for hydroxylation is 1. The molecule has 1 amide bonds. The normalized spacial score (nSPS) is 18.9. The zero-order valence-corrected chi connectivity index (χ0v) is 11.4. The second kappa shape index (κ2) is 4.86. The average Bonchev–Trinajstić information content (AvgIpc) is 2.99. The molecule has 1 saturated heterocycles. The summed E-state index contributed by atoms with van der Waals surface area (Å²) in [4.78, 5) is 17.8. The molecule has 0 radical (unpaired) electrons. The smallest absolute Gasteiger partial charge is 0.232 e. The molecule has 1 aromatic heterocycles. The van der Waals surface area contributed by atoms with Crippen LogP contribution in [0.25, 0.3) is 0 Å². The van der Waals surface area contributed by atoms with Gasteiger partial charge in [-0.3, -0.25) is 4.79 Å². The van der Waals surface area contributed by atoms with Crippen LogP contribution in [-0.4, -0.2) is 22.6 Å². The number of carbonyl (C=O) groups is 1. The Balaban J connectivity index is 1.85. The third-order valence-electron chi connectivity index (χ3n) is 3.23. The van der Waals surface area contributed by atoms with Crippen LogP contribution in [0.5, 0.6) is 0 Å². The van der Waals surface area contributed by atoms with Crippen LogP contribution in [0.1, 0.15) is 24.1 Å². The van der Waals surface area contributed by atoms with E-state index in [1.165, 1.54) is 18.2 Å². The second-order valence-electron chi connectivity index (χ2n) is 4.68. The molecule has 0 unspecified atom stereocenters. The molecule has 1 aliphatic heterocycles. The maximum atomic E-state index is 13.2. The summed E-state index contributed by atoms with van der Waals surface area (Å²) in [5.41, 5.74) is 0.570. The van der Waals surface area contributed by atoms with Crippen LogP contribution in [-0.2, 0) is 4.79 Å². The Kier molecular flexibility index (Phi) is 3.17. The maximum absolute atomic E-state index is 13.2. The highest BCUT2D eigenvalue weighted by Gasteiger charge is 2.35. The number of benzene rings is 1. The third-order valence-corrected chi connectivity index (χ3v) is 3.52. The highest BCUT2D eigenvalue weighted by Crippen LogP contribution is 2.32. The highest BCUT2D eigenvalue weighted by molar-refractivity contribution is 6.31. The Hall–Kier alpha value is -1.95. The molecule has 3 rings (SSSR count). The predicted octanol–water partition coefficient (Wildman–Crippen LogP) is 2.69. The van der Waals surface area contributed by atoms with E-state index in [4.69, 9.17) is 16.1 Å². The topological polar surface area (TPSA) is 59.2 Å². The van der Waals surface area contributed by atoms with E-state index in [2.05, 4.69) is 10.1 Å². The second-order valence-corrected chi connectivity index (χ2v) is 5.09. The summed E-state index contributed by atoms with van der Waals surface area (Å²) >= 11 is 5.74. The number of nitrogens with zero attached hydrogens (tertiary/aromatic N) is 3. The van der Waals surface area contributed by atoms with Gasteiger partial charge in [-0.15, -0.1) is 0 Å². The van der Waals surface area contributed by atoms with Crippen molar-refractivity contribution in [3.63, 3.8) is 0 Å². The van der Waals surface area contributed by atoms with Gasteiger partial charge in [0.2, 0.25) is 11.8 Å². The number of anilines is 1. The van der Waals surface area contributed by atoms with Crippen LogP contribution in [0.2, 0.25) is 5.02 Å². The Morgan fingerprint density at radius 2 is 2.30 bits per heavy atom. The minimum absolute atomic E-state index is 0.00705. The maximum Gasteiger partial charge on any atom is 0.232 e. The zero-order chi connectivity index (χ0) is 14.3. The fraction of sp³-hybridized carbons (Fsp3) is 0.308. The Labute approximate surface area is 119 Å². The van der Waals surface area contributed by atoms with Gasteiger partial charge in [-0.25, -0.2) is 4.39 Å². The van der Waals surface area contributed by atoms with Gasteiger partial charge >= 0.3 is 0 Å². The standard InChI is InChI=1S/C13H11ClFN3O2/c1-7-16-13(20-17-7)8-4-12(19)18(6-8)9-2-3-11(15)10(14)5-9/h2-3,5,8H,4,6H2,1H3/t8-/m1/s1. The molecule has 0 saturated carbocycles. The van der Waals surface area contributed by atoms with Gasteiger partial charge in [-0.2, -0.15) is 4.98 Å². The number of carbonyl (C=O) groups excluding carboxylic acids is 1. The summed E-state index contributed by atoms with van der Waals surface area (Å²) in [7, 11) is 0. The molecule has 0 N–H and O–H groups in total. The number of hydrogen-bond acceptors (Lipinski definition) is 4. The van der Waals surface area contributed by atoms with Gasteiger partial charge in [-0.05, 0) is 25.1 Å². The van der Waals surface area contributed by atoms with Gasteiger partial charge in [0.1, 0.15) is 5.82 Å².